The Kier molecular flexibility index (Phi) is 6.35. The van der Waals surface area contributed by atoms with Crippen molar-refractivity contribution < 1.29 is 18.7 Å². The first kappa shape index (κ1) is 21.8. The minimum Gasteiger partial charge on any atom is -0.487 e. The number of hydrogen-bond acceptors (Lipinski definition) is 5. The summed E-state index contributed by atoms with van der Waals surface area (Å²) in [6, 6.07) is 11.2. The topological polar surface area (TPSA) is 95.3 Å². The predicted octanol–water partition coefficient (Wildman–Crippen LogP) is 3.64. The molecule has 2 heterocycles. The Labute approximate surface area is 186 Å². The Morgan fingerprint density at radius 1 is 1.25 bits per heavy atom. The van der Waals surface area contributed by atoms with Crippen molar-refractivity contribution in [1.82, 2.24) is 9.88 Å². The number of carbonyl (C=O) groups excluding carboxylic acids is 2. The summed E-state index contributed by atoms with van der Waals surface area (Å²) in [7, 11) is 0. The molecule has 1 saturated carbocycles. The zero-order valence-electron chi connectivity index (χ0n) is 17.9. The molecule has 2 aliphatic rings. The molecule has 1 aromatic carbocycles. The molecule has 0 unspecified atom stereocenters. The van der Waals surface area contributed by atoms with E-state index < -0.39 is 12.3 Å². The number of alkyl halides is 1. The van der Waals surface area contributed by atoms with Gasteiger partial charge in [0.1, 0.15) is 24.1 Å². The minimum absolute atomic E-state index is 0.00993. The van der Waals surface area contributed by atoms with E-state index in [2.05, 4.69) is 10.3 Å². The lowest BCUT2D eigenvalue weighted by atomic mass is 10.0. The van der Waals surface area contributed by atoms with Crippen molar-refractivity contribution in [3.05, 3.63) is 42.1 Å². The van der Waals surface area contributed by atoms with E-state index >= 15 is 0 Å². The van der Waals surface area contributed by atoms with Gasteiger partial charge in [-0.1, -0.05) is 6.07 Å². The highest BCUT2D eigenvalue weighted by Crippen LogP contribution is 2.32. The van der Waals surface area contributed by atoms with Crippen molar-refractivity contribution in [2.24, 2.45) is 5.92 Å². The zero-order chi connectivity index (χ0) is 22.7. The number of rotatable bonds is 6. The summed E-state index contributed by atoms with van der Waals surface area (Å²) >= 11 is 0. The van der Waals surface area contributed by atoms with Gasteiger partial charge in [0.25, 0.3) is 0 Å². The van der Waals surface area contributed by atoms with Gasteiger partial charge >= 0.3 is 0 Å². The fourth-order valence-electron chi connectivity index (χ4n) is 3.80. The maximum atomic E-state index is 14.6. The number of nitrogens with one attached hydrogen (secondary N) is 1. The molecule has 2 aromatic rings. The molecule has 8 heteroatoms. The molecule has 0 radical (unpaired) electrons. The van der Waals surface area contributed by atoms with Crippen LogP contribution in [0.4, 0.5) is 10.2 Å². The number of aromatic nitrogens is 1. The maximum Gasteiger partial charge on any atom is 0.236 e. The van der Waals surface area contributed by atoms with Gasteiger partial charge in [-0.25, -0.2) is 9.37 Å². The third kappa shape index (κ3) is 5.05. The Balaban J connectivity index is 1.41. The van der Waals surface area contributed by atoms with Crippen LogP contribution >= 0.6 is 0 Å². The molecule has 166 valence electrons. The number of pyridine rings is 1. The molecule has 1 saturated heterocycles. The third-order valence-corrected chi connectivity index (χ3v) is 5.81. The molecule has 32 heavy (non-hydrogen) atoms. The highest BCUT2D eigenvalue weighted by atomic mass is 19.1. The smallest absolute Gasteiger partial charge is 0.236 e. The SMILES string of the molecule is Cc1cc(-c2ccnc(NC(=O)C3CC3)c2)ccc1O[C@H]1CCN(C(=O)CC#N)C[C@H]1F. The van der Waals surface area contributed by atoms with Crippen LogP contribution in [0.15, 0.2) is 36.5 Å². The number of carbonyl (C=O) groups is 2. The normalized spacial score (nSPS) is 20.3. The number of benzene rings is 1. The van der Waals surface area contributed by atoms with Gasteiger partial charge in [0.05, 0.1) is 12.6 Å². The van der Waals surface area contributed by atoms with E-state index in [0.717, 1.165) is 29.5 Å². The van der Waals surface area contributed by atoms with Crippen LogP contribution in [0.1, 0.15) is 31.2 Å². The van der Waals surface area contributed by atoms with Crippen LogP contribution in [0.25, 0.3) is 11.1 Å². The second-order valence-corrected chi connectivity index (χ2v) is 8.31. The van der Waals surface area contributed by atoms with Crippen LogP contribution in [0.3, 0.4) is 0 Å². The summed E-state index contributed by atoms with van der Waals surface area (Å²) in [6.45, 7) is 2.21. The van der Waals surface area contributed by atoms with E-state index in [4.69, 9.17) is 10.00 Å². The number of piperidine rings is 1. The maximum absolute atomic E-state index is 14.6. The van der Waals surface area contributed by atoms with Crippen LogP contribution < -0.4 is 10.1 Å². The largest absolute Gasteiger partial charge is 0.487 e. The second-order valence-electron chi connectivity index (χ2n) is 8.31. The number of hydrogen-bond donors (Lipinski definition) is 1. The van der Waals surface area contributed by atoms with Gasteiger partial charge in [0.2, 0.25) is 11.8 Å². The molecule has 1 aromatic heterocycles. The number of amides is 2. The van der Waals surface area contributed by atoms with E-state index in [0.29, 0.717) is 24.5 Å². The lowest BCUT2D eigenvalue weighted by molar-refractivity contribution is -0.134. The summed E-state index contributed by atoms with van der Waals surface area (Å²) in [5.41, 5.74) is 2.71. The van der Waals surface area contributed by atoms with Crippen LogP contribution in [0.2, 0.25) is 0 Å². The average molecular weight is 436 g/mol. The number of nitrogens with zero attached hydrogens (tertiary/aromatic N) is 3. The van der Waals surface area contributed by atoms with Crippen molar-refractivity contribution in [3.63, 3.8) is 0 Å². The standard InChI is InChI=1S/C24H25FN4O3/c1-15-12-17(18-7-10-27-22(13-18)28-24(31)16-2-3-16)4-5-20(15)32-21-8-11-29(14-19(21)25)23(30)6-9-26/h4-5,7,10,12-13,16,19,21H,2-3,6,8,11,14H2,1H3,(H,27,28,31)/t19-,21+/m1/s1. The molecule has 1 N–H and O–H groups in total. The van der Waals surface area contributed by atoms with E-state index in [1.807, 2.05) is 43.3 Å². The van der Waals surface area contributed by atoms with Gasteiger partial charge in [-0.15, -0.1) is 0 Å². The number of ether oxygens (including phenoxy) is 1. The Morgan fingerprint density at radius 2 is 2.03 bits per heavy atom. The van der Waals surface area contributed by atoms with Crippen LogP contribution in [0, 0.1) is 24.2 Å². The first-order valence-corrected chi connectivity index (χ1v) is 10.8. The van der Waals surface area contributed by atoms with Gasteiger partial charge in [0, 0.05) is 25.1 Å². The van der Waals surface area contributed by atoms with Crippen LogP contribution in [0.5, 0.6) is 5.75 Å². The molecule has 2 atom stereocenters. The molecular formula is C24H25FN4O3. The zero-order valence-corrected chi connectivity index (χ0v) is 17.9. The summed E-state index contributed by atoms with van der Waals surface area (Å²) in [6.07, 6.45) is 1.70. The van der Waals surface area contributed by atoms with E-state index in [1.54, 1.807) is 6.20 Å². The van der Waals surface area contributed by atoms with Crippen LogP contribution in [-0.2, 0) is 9.59 Å². The van der Waals surface area contributed by atoms with Gasteiger partial charge < -0.3 is 15.0 Å². The molecule has 2 fully saturated rings. The van der Waals surface area contributed by atoms with E-state index in [1.165, 1.54) is 4.90 Å². The highest BCUT2D eigenvalue weighted by molar-refractivity contribution is 5.93. The number of halogens is 1. The fourth-order valence-corrected chi connectivity index (χ4v) is 3.80. The van der Waals surface area contributed by atoms with Crippen molar-refractivity contribution in [3.8, 4) is 22.9 Å². The molecule has 7 nitrogen and oxygen atoms in total. The van der Waals surface area contributed by atoms with Crippen molar-refractivity contribution >= 4 is 17.6 Å². The van der Waals surface area contributed by atoms with Gasteiger partial charge in [-0.2, -0.15) is 5.26 Å². The molecular weight excluding hydrogens is 411 g/mol. The molecule has 0 spiro atoms. The predicted molar refractivity (Wildman–Crippen MR) is 117 cm³/mol. The summed E-state index contributed by atoms with van der Waals surface area (Å²) in [4.78, 5) is 29.4. The monoisotopic (exact) mass is 436 g/mol. The first-order valence-electron chi connectivity index (χ1n) is 10.8. The summed E-state index contributed by atoms with van der Waals surface area (Å²) < 4.78 is 20.6. The van der Waals surface area contributed by atoms with Gasteiger partial charge in [-0.3, -0.25) is 9.59 Å². The van der Waals surface area contributed by atoms with E-state index in [9.17, 15) is 14.0 Å². The van der Waals surface area contributed by atoms with Crippen LogP contribution in [-0.4, -0.2) is 47.1 Å². The Morgan fingerprint density at radius 3 is 2.72 bits per heavy atom. The fraction of sp³-hybridized carbons (Fsp3) is 0.417. The second kappa shape index (κ2) is 9.35. The number of likely N-dealkylation sites (tertiary alicyclic amines) is 1. The number of nitriles is 1. The van der Waals surface area contributed by atoms with Crippen molar-refractivity contribution in [2.75, 3.05) is 18.4 Å². The Bertz CT molecular complexity index is 1060. The lowest BCUT2D eigenvalue weighted by Crippen LogP contribution is -2.49. The van der Waals surface area contributed by atoms with Crippen molar-refractivity contribution in [1.29, 1.82) is 5.26 Å². The van der Waals surface area contributed by atoms with Gasteiger partial charge in [-0.05, 0) is 60.7 Å². The average Bonchev–Trinajstić information content (AvgIpc) is 3.62. The number of anilines is 1. The van der Waals surface area contributed by atoms with Gasteiger partial charge in [0.15, 0.2) is 6.17 Å². The summed E-state index contributed by atoms with van der Waals surface area (Å²) in [5, 5.41) is 11.5. The highest BCUT2D eigenvalue weighted by Gasteiger charge is 2.33. The minimum atomic E-state index is -1.32. The molecule has 1 aliphatic heterocycles. The molecule has 1 aliphatic carbocycles. The third-order valence-electron chi connectivity index (χ3n) is 5.81. The van der Waals surface area contributed by atoms with Crippen molar-refractivity contribution in [2.45, 2.75) is 44.9 Å². The molecule has 0 bridgehead atoms. The quantitative estimate of drug-likeness (QED) is 0.746. The van der Waals surface area contributed by atoms with E-state index in [-0.39, 0.29) is 30.7 Å². The molecule has 4 rings (SSSR count). The Hall–Kier alpha value is -3.47. The lowest BCUT2D eigenvalue weighted by Gasteiger charge is -2.34. The summed E-state index contributed by atoms with van der Waals surface area (Å²) in [5.74, 6) is 0.884. The first-order chi connectivity index (χ1) is 15.4. The molecule has 2 amide bonds. The number of aryl methyl sites for hydroxylation is 1.